The van der Waals surface area contributed by atoms with E-state index >= 15 is 0 Å². The number of carbonyl (C=O) groups excluding carboxylic acids is 2. The number of halogens is 1. The van der Waals surface area contributed by atoms with Gasteiger partial charge < -0.3 is 9.47 Å². The Kier molecular flexibility index (Phi) is 7.46. The molecular formula is C23H23BrN2O4S. The number of hydrogen-bond donors (Lipinski definition) is 1. The van der Waals surface area contributed by atoms with Gasteiger partial charge in [0.25, 0.3) is 11.8 Å². The summed E-state index contributed by atoms with van der Waals surface area (Å²) in [6, 6.07) is 11.0. The first-order chi connectivity index (χ1) is 14.9. The van der Waals surface area contributed by atoms with Crippen LogP contribution in [0.15, 0.2) is 46.4 Å². The number of anilines is 1. The Morgan fingerprint density at radius 3 is 2.35 bits per heavy atom. The van der Waals surface area contributed by atoms with Gasteiger partial charge in [0.1, 0.15) is 5.57 Å². The van der Waals surface area contributed by atoms with Crippen molar-refractivity contribution >= 4 is 56.8 Å². The molecule has 1 saturated heterocycles. The van der Waals surface area contributed by atoms with Gasteiger partial charge in [-0.1, -0.05) is 19.1 Å². The van der Waals surface area contributed by atoms with Gasteiger partial charge in [-0.3, -0.25) is 19.8 Å². The maximum atomic E-state index is 13.2. The highest BCUT2D eigenvalue weighted by Gasteiger charge is 2.34. The number of amides is 2. The zero-order valence-electron chi connectivity index (χ0n) is 17.5. The van der Waals surface area contributed by atoms with E-state index < -0.39 is 11.8 Å². The van der Waals surface area contributed by atoms with Crippen molar-refractivity contribution in [1.29, 1.82) is 0 Å². The average molecular weight is 503 g/mol. The van der Waals surface area contributed by atoms with E-state index in [1.54, 1.807) is 12.1 Å². The van der Waals surface area contributed by atoms with Crippen LogP contribution in [0.1, 0.15) is 31.9 Å². The van der Waals surface area contributed by atoms with Crippen LogP contribution in [0.2, 0.25) is 0 Å². The van der Waals surface area contributed by atoms with Crippen LogP contribution in [0.5, 0.6) is 11.5 Å². The second-order valence-corrected chi connectivity index (χ2v) is 7.91. The lowest BCUT2D eigenvalue weighted by atomic mass is 10.1. The van der Waals surface area contributed by atoms with Gasteiger partial charge in [-0.05, 0) is 89.9 Å². The third kappa shape index (κ3) is 4.97. The number of benzene rings is 2. The van der Waals surface area contributed by atoms with Crippen molar-refractivity contribution in [2.24, 2.45) is 0 Å². The van der Waals surface area contributed by atoms with E-state index in [4.69, 9.17) is 21.7 Å². The quantitative estimate of drug-likeness (QED) is 0.339. The molecule has 6 nitrogen and oxygen atoms in total. The van der Waals surface area contributed by atoms with Crippen LogP contribution < -0.4 is 19.7 Å². The van der Waals surface area contributed by atoms with Gasteiger partial charge >= 0.3 is 0 Å². The SMILES string of the molecule is CCOc1cc(/C=C2\C(=O)NC(=S)N(c3ccc(CC)cc3)C2=O)cc(Br)c1OCC. The largest absolute Gasteiger partial charge is 0.490 e. The Morgan fingerprint density at radius 2 is 1.74 bits per heavy atom. The van der Waals surface area contributed by atoms with Crippen LogP contribution in [-0.2, 0) is 16.0 Å². The molecule has 2 aromatic carbocycles. The zero-order chi connectivity index (χ0) is 22.5. The van der Waals surface area contributed by atoms with Gasteiger partial charge in [-0.25, -0.2) is 0 Å². The Labute approximate surface area is 195 Å². The topological polar surface area (TPSA) is 67.9 Å². The minimum absolute atomic E-state index is 0.0216. The number of nitrogens with zero attached hydrogens (tertiary/aromatic N) is 1. The normalized spacial score (nSPS) is 15.3. The average Bonchev–Trinajstić information content (AvgIpc) is 2.74. The van der Waals surface area contributed by atoms with Gasteiger partial charge in [-0.2, -0.15) is 0 Å². The fraction of sp³-hybridized carbons (Fsp3) is 0.261. The molecule has 1 fully saturated rings. The van der Waals surface area contributed by atoms with Gasteiger partial charge in [0.2, 0.25) is 0 Å². The van der Waals surface area contributed by atoms with Crippen molar-refractivity contribution in [3.05, 3.63) is 57.6 Å². The van der Waals surface area contributed by atoms with Crippen molar-refractivity contribution in [3.63, 3.8) is 0 Å². The van der Waals surface area contributed by atoms with E-state index in [0.717, 1.165) is 12.0 Å². The molecular weight excluding hydrogens is 480 g/mol. The van der Waals surface area contributed by atoms with E-state index in [9.17, 15) is 9.59 Å². The molecule has 0 bridgehead atoms. The number of aryl methyl sites for hydroxylation is 1. The summed E-state index contributed by atoms with van der Waals surface area (Å²) in [5, 5.41) is 2.66. The maximum absolute atomic E-state index is 13.2. The Bertz CT molecular complexity index is 1050. The first-order valence-electron chi connectivity index (χ1n) is 9.99. The lowest BCUT2D eigenvalue weighted by molar-refractivity contribution is -0.122. The van der Waals surface area contributed by atoms with Crippen LogP contribution in [0.3, 0.4) is 0 Å². The summed E-state index contributed by atoms with van der Waals surface area (Å²) >= 11 is 8.75. The number of rotatable bonds is 7. The lowest BCUT2D eigenvalue weighted by Gasteiger charge is -2.29. The third-order valence-electron chi connectivity index (χ3n) is 4.64. The highest BCUT2D eigenvalue weighted by molar-refractivity contribution is 9.10. The van der Waals surface area contributed by atoms with Crippen LogP contribution in [0.25, 0.3) is 6.08 Å². The monoisotopic (exact) mass is 502 g/mol. The van der Waals surface area contributed by atoms with Gasteiger partial charge in [0.15, 0.2) is 16.6 Å². The number of carbonyl (C=O) groups is 2. The molecule has 0 aromatic heterocycles. The molecule has 1 aliphatic rings. The van der Waals surface area contributed by atoms with Crippen molar-refractivity contribution < 1.29 is 19.1 Å². The van der Waals surface area contributed by atoms with E-state index in [1.165, 1.54) is 11.0 Å². The molecule has 0 aliphatic carbocycles. The first-order valence-corrected chi connectivity index (χ1v) is 11.2. The number of thiocarbonyl (C=S) groups is 1. The molecule has 1 heterocycles. The zero-order valence-corrected chi connectivity index (χ0v) is 19.9. The summed E-state index contributed by atoms with van der Waals surface area (Å²) in [5.74, 6) is 0.0712. The highest BCUT2D eigenvalue weighted by atomic mass is 79.9. The van der Waals surface area contributed by atoms with Crippen molar-refractivity contribution in [1.82, 2.24) is 5.32 Å². The van der Waals surface area contributed by atoms with Gasteiger partial charge in [-0.15, -0.1) is 0 Å². The molecule has 0 spiro atoms. The molecule has 31 heavy (non-hydrogen) atoms. The molecule has 3 rings (SSSR count). The Hall–Kier alpha value is -2.71. The van der Waals surface area contributed by atoms with Crippen LogP contribution in [0.4, 0.5) is 5.69 Å². The van der Waals surface area contributed by atoms with E-state index in [-0.39, 0.29) is 10.7 Å². The highest BCUT2D eigenvalue weighted by Crippen LogP contribution is 2.37. The van der Waals surface area contributed by atoms with Crippen LogP contribution in [-0.4, -0.2) is 30.1 Å². The van der Waals surface area contributed by atoms with E-state index in [0.29, 0.717) is 40.4 Å². The third-order valence-corrected chi connectivity index (χ3v) is 5.51. The second kappa shape index (κ2) is 10.1. The minimum atomic E-state index is -0.542. The molecule has 162 valence electrons. The first kappa shape index (κ1) is 23.0. The molecule has 2 amide bonds. The second-order valence-electron chi connectivity index (χ2n) is 6.67. The number of ether oxygens (including phenoxy) is 2. The standard InChI is InChI=1S/C23H23BrN2O4S/c1-4-14-7-9-16(10-8-14)26-22(28)17(21(27)25-23(26)31)11-15-12-18(24)20(30-6-3)19(13-15)29-5-2/h7-13H,4-6H2,1-3H3,(H,25,27,31)/b17-11+. The summed E-state index contributed by atoms with van der Waals surface area (Å²) < 4.78 is 12.0. The molecule has 0 unspecified atom stereocenters. The fourth-order valence-corrected chi connectivity index (χ4v) is 4.01. The molecule has 0 saturated carbocycles. The van der Waals surface area contributed by atoms with Crippen LogP contribution >= 0.6 is 28.1 Å². The van der Waals surface area contributed by atoms with Crippen molar-refractivity contribution in [2.75, 3.05) is 18.1 Å². The molecule has 2 aromatic rings. The molecule has 0 atom stereocenters. The maximum Gasteiger partial charge on any atom is 0.270 e. The summed E-state index contributed by atoms with van der Waals surface area (Å²) in [6.07, 6.45) is 2.41. The lowest BCUT2D eigenvalue weighted by Crippen LogP contribution is -2.54. The Balaban J connectivity index is 2.01. The molecule has 1 N–H and O–H groups in total. The number of nitrogens with one attached hydrogen (secondary N) is 1. The predicted molar refractivity (Wildman–Crippen MR) is 129 cm³/mol. The summed E-state index contributed by atoms with van der Waals surface area (Å²) in [6.45, 7) is 6.73. The fourth-order valence-electron chi connectivity index (χ4n) is 3.16. The summed E-state index contributed by atoms with van der Waals surface area (Å²) in [7, 11) is 0. The molecule has 8 heteroatoms. The van der Waals surface area contributed by atoms with Crippen molar-refractivity contribution in [2.45, 2.75) is 27.2 Å². The summed E-state index contributed by atoms with van der Waals surface area (Å²) in [5.41, 5.74) is 2.33. The smallest absolute Gasteiger partial charge is 0.270 e. The number of hydrogen-bond acceptors (Lipinski definition) is 5. The predicted octanol–water partition coefficient (Wildman–Crippen LogP) is 4.64. The molecule has 0 radical (unpaired) electrons. The van der Waals surface area contributed by atoms with Crippen molar-refractivity contribution in [3.8, 4) is 11.5 Å². The minimum Gasteiger partial charge on any atom is -0.490 e. The Morgan fingerprint density at radius 1 is 1.06 bits per heavy atom. The van der Waals surface area contributed by atoms with E-state index in [2.05, 4.69) is 28.2 Å². The molecule has 1 aliphatic heterocycles. The summed E-state index contributed by atoms with van der Waals surface area (Å²) in [4.78, 5) is 27.1. The van der Waals surface area contributed by atoms with Crippen LogP contribution in [0, 0.1) is 0 Å². The van der Waals surface area contributed by atoms with E-state index in [1.807, 2.05) is 38.1 Å². The van der Waals surface area contributed by atoms with Gasteiger partial charge in [0, 0.05) is 0 Å². The van der Waals surface area contributed by atoms with Gasteiger partial charge in [0.05, 0.1) is 23.4 Å².